The molecule has 0 unspecified atom stereocenters. The minimum Gasteiger partial charge on any atom is -0.480 e. The van der Waals surface area contributed by atoms with Gasteiger partial charge in [-0.05, 0) is 12.1 Å². The quantitative estimate of drug-likeness (QED) is 0.791. The molecule has 0 saturated carbocycles. The fourth-order valence-corrected chi connectivity index (χ4v) is 1.24. The number of carbonyl (C=O) groups is 2. The van der Waals surface area contributed by atoms with Gasteiger partial charge in [0, 0.05) is 18.1 Å². The highest BCUT2D eigenvalue weighted by molar-refractivity contribution is 5.96. The van der Waals surface area contributed by atoms with Crippen LogP contribution in [0.25, 0.3) is 0 Å². The van der Waals surface area contributed by atoms with Crippen LogP contribution in [0.2, 0.25) is 0 Å². The van der Waals surface area contributed by atoms with E-state index in [1.807, 2.05) is 0 Å². The maximum Gasteiger partial charge on any atom is 0.327 e. The molecule has 0 spiro atoms. The number of carbonyl (C=O) groups excluding carboxylic acids is 1. The van der Waals surface area contributed by atoms with E-state index in [2.05, 4.69) is 11.2 Å². The molecule has 6 heteroatoms. The highest BCUT2D eigenvalue weighted by Gasteiger charge is 2.20. The Bertz CT molecular complexity index is 502. The van der Waals surface area contributed by atoms with Gasteiger partial charge in [0.05, 0.1) is 0 Å². The van der Waals surface area contributed by atoms with Crippen molar-refractivity contribution in [2.45, 2.75) is 12.5 Å². The number of carboxylic acid groups (broad SMARTS) is 1. The number of nitrogens with one attached hydrogen (secondary N) is 1. The second kappa shape index (κ2) is 5.77. The Morgan fingerprint density at radius 1 is 1.33 bits per heavy atom. The number of rotatable bonds is 4. The lowest BCUT2D eigenvalue weighted by Gasteiger charge is -2.11. The number of aliphatic carboxylic acids is 1. The molecule has 0 heterocycles. The number of hydrogen-bond acceptors (Lipinski definition) is 2. The van der Waals surface area contributed by atoms with Gasteiger partial charge in [0.25, 0.3) is 5.91 Å². The van der Waals surface area contributed by atoms with E-state index in [0.717, 1.165) is 12.1 Å². The molecule has 1 amide bonds. The van der Waals surface area contributed by atoms with Crippen molar-refractivity contribution in [1.82, 2.24) is 5.32 Å². The Morgan fingerprint density at radius 2 is 1.89 bits per heavy atom. The van der Waals surface area contributed by atoms with Crippen molar-refractivity contribution < 1.29 is 23.5 Å². The van der Waals surface area contributed by atoms with Gasteiger partial charge < -0.3 is 10.4 Å². The van der Waals surface area contributed by atoms with Crippen molar-refractivity contribution in [1.29, 1.82) is 0 Å². The van der Waals surface area contributed by atoms with E-state index in [1.54, 1.807) is 0 Å². The fraction of sp³-hybridized carbons (Fsp3) is 0.167. The number of carboxylic acids is 1. The van der Waals surface area contributed by atoms with Crippen molar-refractivity contribution in [3.05, 3.63) is 35.4 Å². The van der Waals surface area contributed by atoms with Gasteiger partial charge in [0.2, 0.25) is 0 Å². The predicted molar refractivity (Wildman–Crippen MR) is 58.7 cm³/mol. The van der Waals surface area contributed by atoms with Crippen LogP contribution in [0.1, 0.15) is 16.8 Å². The summed E-state index contributed by atoms with van der Waals surface area (Å²) >= 11 is 0. The number of terminal acetylenes is 1. The molecule has 0 radical (unpaired) electrons. The molecule has 94 valence electrons. The maximum atomic E-state index is 12.9. The number of benzene rings is 1. The summed E-state index contributed by atoms with van der Waals surface area (Å²) in [4.78, 5) is 22.3. The lowest BCUT2D eigenvalue weighted by atomic mass is 10.1. The first-order chi connectivity index (χ1) is 8.43. The Kier molecular flexibility index (Phi) is 4.38. The van der Waals surface area contributed by atoms with Gasteiger partial charge in [-0.15, -0.1) is 12.3 Å². The van der Waals surface area contributed by atoms with Crippen LogP contribution < -0.4 is 5.32 Å². The van der Waals surface area contributed by atoms with Crippen LogP contribution in [0, 0.1) is 24.0 Å². The molecule has 0 fully saturated rings. The minimum atomic E-state index is -1.32. The van der Waals surface area contributed by atoms with Gasteiger partial charge in [0.1, 0.15) is 17.7 Å². The average Bonchev–Trinajstić information content (AvgIpc) is 2.26. The smallest absolute Gasteiger partial charge is 0.327 e. The molecule has 1 aromatic carbocycles. The first kappa shape index (κ1) is 13.6. The predicted octanol–water partition coefficient (Wildman–Crippen LogP) is 1.17. The molecule has 0 saturated heterocycles. The number of amides is 1. The highest BCUT2D eigenvalue weighted by atomic mass is 19.1. The third-order valence-electron chi connectivity index (χ3n) is 2.05. The molecule has 4 nitrogen and oxygen atoms in total. The molecule has 1 aromatic rings. The zero-order chi connectivity index (χ0) is 13.7. The lowest BCUT2D eigenvalue weighted by Crippen LogP contribution is -2.40. The minimum absolute atomic E-state index is 0.223. The highest BCUT2D eigenvalue weighted by Crippen LogP contribution is 2.08. The van der Waals surface area contributed by atoms with E-state index in [-0.39, 0.29) is 12.0 Å². The van der Waals surface area contributed by atoms with Crippen LogP contribution in [0.3, 0.4) is 0 Å². The zero-order valence-corrected chi connectivity index (χ0v) is 9.11. The van der Waals surface area contributed by atoms with Crippen LogP contribution in [0.15, 0.2) is 18.2 Å². The van der Waals surface area contributed by atoms with Crippen LogP contribution in [-0.2, 0) is 4.79 Å². The lowest BCUT2D eigenvalue weighted by molar-refractivity contribution is -0.139. The molecular weight excluding hydrogens is 244 g/mol. The third-order valence-corrected chi connectivity index (χ3v) is 2.05. The largest absolute Gasteiger partial charge is 0.480 e. The molecule has 2 N–H and O–H groups in total. The van der Waals surface area contributed by atoms with Crippen LogP contribution in [0.5, 0.6) is 0 Å². The second-order valence-corrected chi connectivity index (χ2v) is 3.43. The van der Waals surface area contributed by atoms with E-state index < -0.39 is 29.6 Å². The van der Waals surface area contributed by atoms with E-state index >= 15 is 0 Å². The van der Waals surface area contributed by atoms with Crippen molar-refractivity contribution in [3.8, 4) is 12.3 Å². The molecule has 0 aromatic heterocycles. The summed E-state index contributed by atoms with van der Waals surface area (Å²) in [6.45, 7) is 0. The molecule has 18 heavy (non-hydrogen) atoms. The third kappa shape index (κ3) is 3.56. The van der Waals surface area contributed by atoms with Gasteiger partial charge in [-0.1, -0.05) is 0 Å². The number of halogens is 2. The van der Waals surface area contributed by atoms with E-state index in [4.69, 9.17) is 11.5 Å². The maximum absolute atomic E-state index is 12.9. The topological polar surface area (TPSA) is 66.4 Å². The van der Waals surface area contributed by atoms with Crippen molar-refractivity contribution >= 4 is 11.9 Å². The Balaban J connectivity index is 2.87. The van der Waals surface area contributed by atoms with Gasteiger partial charge in [-0.25, -0.2) is 13.6 Å². The first-order valence-electron chi connectivity index (χ1n) is 4.87. The van der Waals surface area contributed by atoms with E-state index in [1.165, 1.54) is 0 Å². The fourth-order valence-electron chi connectivity index (χ4n) is 1.24. The summed E-state index contributed by atoms with van der Waals surface area (Å²) in [7, 11) is 0. The molecule has 1 atom stereocenters. The Labute approximate surface area is 102 Å². The van der Waals surface area contributed by atoms with Crippen LogP contribution >= 0.6 is 0 Å². The van der Waals surface area contributed by atoms with E-state index in [9.17, 15) is 18.4 Å². The molecule has 0 aliphatic heterocycles. The summed E-state index contributed by atoms with van der Waals surface area (Å²) in [5.41, 5.74) is -0.309. The Morgan fingerprint density at radius 3 is 2.33 bits per heavy atom. The van der Waals surface area contributed by atoms with Gasteiger partial charge in [0.15, 0.2) is 0 Å². The van der Waals surface area contributed by atoms with E-state index in [0.29, 0.717) is 6.07 Å². The Hall–Kier alpha value is -2.42. The number of hydrogen-bond donors (Lipinski definition) is 2. The second-order valence-electron chi connectivity index (χ2n) is 3.43. The van der Waals surface area contributed by atoms with Gasteiger partial charge in [-0.3, -0.25) is 4.79 Å². The van der Waals surface area contributed by atoms with Crippen molar-refractivity contribution in [2.24, 2.45) is 0 Å². The molecule has 0 aliphatic carbocycles. The monoisotopic (exact) mass is 253 g/mol. The van der Waals surface area contributed by atoms with Crippen molar-refractivity contribution in [2.75, 3.05) is 0 Å². The van der Waals surface area contributed by atoms with Crippen LogP contribution in [0.4, 0.5) is 8.78 Å². The van der Waals surface area contributed by atoms with Crippen molar-refractivity contribution in [3.63, 3.8) is 0 Å². The SMILES string of the molecule is C#CC[C@@H](NC(=O)c1cc(F)cc(F)c1)C(=O)O. The summed E-state index contributed by atoms with van der Waals surface area (Å²) in [5.74, 6) is -2.00. The molecule has 1 rings (SSSR count). The summed E-state index contributed by atoms with van der Waals surface area (Å²) in [5, 5.41) is 10.8. The van der Waals surface area contributed by atoms with Gasteiger partial charge in [-0.2, -0.15) is 0 Å². The first-order valence-corrected chi connectivity index (χ1v) is 4.87. The normalized spacial score (nSPS) is 11.4. The average molecular weight is 253 g/mol. The van der Waals surface area contributed by atoms with Crippen LogP contribution in [-0.4, -0.2) is 23.0 Å². The zero-order valence-electron chi connectivity index (χ0n) is 9.11. The standard InChI is InChI=1S/C12H9F2NO3/c1-2-3-10(12(17)18)15-11(16)7-4-8(13)6-9(14)5-7/h1,4-6,10H,3H2,(H,15,16)(H,17,18)/t10-/m1/s1. The summed E-state index contributed by atoms with van der Waals surface area (Å²) in [6, 6.07) is 0.904. The summed E-state index contributed by atoms with van der Waals surface area (Å²) in [6.07, 6.45) is 4.72. The molecule has 0 bridgehead atoms. The van der Waals surface area contributed by atoms with Gasteiger partial charge >= 0.3 is 5.97 Å². The molecular formula is C12H9F2NO3. The summed E-state index contributed by atoms with van der Waals surface area (Å²) < 4.78 is 25.7. The molecule has 0 aliphatic rings.